The van der Waals surface area contributed by atoms with Crippen molar-refractivity contribution >= 4 is 17.6 Å². The van der Waals surface area contributed by atoms with Crippen molar-refractivity contribution in [2.45, 2.75) is 57.9 Å². The second kappa shape index (κ2) is 5.69. The lowest BCUT2D eigenvalue weighted by molar-refractivity contribution is -0.122. The highest BCUT2D eigenvalue weighted by molar-refractivity contribution is 6.23. The Morgan fingerprint density at radius 3 is 2.50 bits per heavy atom. The smallest absolute Gasteiger partial charge is 0.262 e. The molecule has 3 rings (SSSR count). The summed E-state index contributed by atoms with van der Waals surface area (Å²) in [5.74, 6) is -0.748. The molecule has 0 N–H and O–H groups in total. The maximum atomic E-state index is 13.0. The number of carbonyl (C=O) groups is 3. The monoisotopic (exact) mass is 325 g/mol. The van der Waals surface area contributed by atoms with Crippen LogP contribution in [-0.2, 0) is 10.2 Å². The van der Waals surface area contributed by atoms with Gasteiger partial charge in [0.05, 0.1) is 17.2 Å². The number of allylic oxidation sites excluding steroid dienone is 1. The fourth-order valence-corrected chi connectivity index (χ4v) is 3.64. The lowest BCUT2D eigenvalue weighted by atomic mass is 9.82. The first-order chi connectivity index (χ1) is 11.2. The summed E-state index contributed by atoms with van der Waals surface area (Å²) in [4.78, 5) is 39.6. The molecule has 1 saturated carbocycles. The molecule has 126 valence electrons. The summed E-state index contributed by atoms with van der Waals surface area (Å²) < 4.78 is 0. The van der Waals surface area contributed by atoms with Gasteiger partial charge in [-0.05, 0) is 36.3 Å². The Kier molecular flexibility index (Phi) is 3.94. The van der Waals surface area contributed by atoms with Gasteiger partial charge in [0.25, 0.3) is 11.8 Å². The quantitative estimate of drug-likeness (QED) is 0.450. The van der Waals surface area contributed by atoms with E-state index in [0.29, 0.717) is 17.5 Å². The summed E-state index contributed by atoms with van der Waals surface area (Å²) >= 11 is 0. The van der Waals surface area contributed by atoms with E-state index in [0.717, 1.165) is 24.0 Å². The predicted molar refractivity (Wildman–Crippen MR) is 92.0 cm³/mol. The third kappa shape index (κ3) is 2.60. The van der Waals surface area contributed by atoms with Crippen LogP contribution >= 0.6 is 0 Å². The first-order valence-electron chi connectivity index (χ1n) is 8.42. The molecule has 24 heavy (non-hydrogen) atoms. The van der Waals surface area contributed by atoms with Crippen LogP contribution in [0, 0.1) is 0 Å². The largest absolute Gasteiger partial charge is 0.297 e. The minimum absolute atomic E-state index is 0.0793. The van der Waals surface area contributed by atoms with E-state index in [4.69, 9.17) is 0 Å². The molecule has 1 aromatic rings. The number of hydrogen-bond acceptors (Lipinski definition) is 3. The molecule has 0 spiro atoms. The maximum Gasteiger partial charge on any atom is 0.262 e. The molecule has 0 saturated heterocycles. The van der Waals surface area contributed by atoms with Gasteiger partial charge in [-0.2, -0.15) is 0 Å². The van der Waals surface area contributed by atoms with Gasteiger partial charge in [-0.25, -0.2) is 0 Å². The number of rotatable bonds is 1. The first-order valence-corrected chi connectivity index (χ1v) is 8.42. The summed E-state index contributed by atoms with van der Waals surface area (Å²) in [6, 6.07) is 4.73. The molecule has 1 aliphatic heterocycles. The number of benzene rings is 1. The van der Waals surface area contributed by atoms with Gasteiger partial charge in [0, 0.05) is 6.42 Å². The number of Topliss-reactive ketones (excluding diaryl/α,β-unsaturated/α-hetero) is 1. The van der Waals surface area contributed by atoms with Crippen molar-refractivity contribution in [1.82, 2.24) is 4.90 Å². The zero-order chi connectivity index (χ0) is 17.6. The number of hydrogen-bond donors (Lipinski definition) is 0. The predicted octanol–water partition coefficient (Wildman–Crippen LogP) is 3.65. The number of ketones is 1. The van der Waals surface area contributed by atoms with Crippen molar-refractivity contribution < 1.29 is 14.4 Å². The first kappa shape index (κ1) is 16.6. The lowest BCUT2D eigenvalue weighted by Gasteiger charge is -2.24. The highest BCUT2D eigenvalue weighted by Gasteiger charge is 2.44. The van der Waals surface area contributed by atoms with Crippen LogP contribution in [0.2, 0.25) is 0 Å². The third-order valence-electron chi connectivity index (χ3n) is 4.87. The molecular formula is C20H23NO3. The Morgan fingerprint density at radius 1 is 1.12 bits per heavy atom. The second-order valence-electron chi connectivity index (χ2n) is 7.76. The van der Waals surface area contributed by atoms with E-state index >= 15 is 0 Å². The summed E-state index contributed by atoms with van der Waals surface area (Å²) in [5.41, 5.74) is 2.37. The summed E-state index contributed by atoms with van der Waals surface area (Å²) in [6.45, 7) is 9.95. The molecule has 4 nitrogen and oxygen atoms in total. The van der Waals surface area contributed by atoms with Crippen LogP contribution in [0.15, 0.2) is 30.4 Å². The molecule has 1 heterocycles. The average molecular weight is 325 g/mol. The summed E-state index contributed by atoms with van der Waals surface area (Å²) in [5, 5.41) is 0. The van der Waals surface area contributed by atoms with Gasteiger partial charge in [0.15, 0.2) is 5.78 Å². The molecule has 4 heteroatoms. The number of imide groups is 1. The van der Waals surface area contributed by atoms with E-state index in [9.17, 15) is 14.4 Å². The van der Waals surface area contributed by atoms with Crippen molar-refractivity contribution in [3.63, 3.8) is 0 Å². The Morgan fingerprint density at radius 2 is 1.83 bits per heavy atom. The molecule has 1 atom stereocenters. The van der Waals surface area contributed by atoms with E-state index in [1.54, 1.807) is 6.07 Å². The van der Waals surface area contributed by atoms with E-state index in [-0.39, 0.29) is 29.4 Å². The second-order valence-corrected chi connectivity index (χ2v) is 7.76. The molecule has 2 amide bonds. The summed E-state index contributed by atoms with van der Waals surface area (Å²) in [6.07, 6.45) is 2.33. The van der Waals surface area contributed by atoms with Crippen molar-refractivity contribution in [2.75, 3.05) is 0 Å². The van der Waals surface area contributed by atoms with Crippen LogP contribution in [0.3, 0.4) is 0 Å². The van der Waals surface area contributed by atoms with Crippen LogP contribution in [0.4, 0.5) is 0 Å². The van der Waals surface area contributed by atoms with Crippen LogP contribution in [0.1, 0.15) is 72.7 Å². The number of amides is 2. The average Bonchev–Trinajstić information content (AvgIpc) is 2.63. The van der Waals surface area contributed by atoms with E-state index in [1.807, 2.05) is 32.9 Å². The Labute approximate surface area is 142 Å². The minimum atomic E-state index is -0.663. The molecule has 2 aliphatic rings. The zero-order valence-corrected chi connectivity index (χ0v) is 14.5. The zero-order valence-electron chi connectivity index (χ0n) is 14.5. The highest BCUT2D eigenvalue weighted by Crippen LogP contribution is 2.36. The Balaban J connectivity index is 2.05. The van der Waals surface area contributed by atoms with Crippen LogP contribution < -0.4 is 0 Å². The number of carbonyl (C=O) groups excluding carboxylic acids is 3. The topological polar surface area (TPSA) is 54.5 Å². The fourth-order valence-electron chi connectivity index (χ4n) is 3.64. The maximum absolute atomic E-state index is 13.0. The fraction of sp³-hybridized carbons (Fsp3) is 0.450. The van der Waals surface area contributed by atoms with Crippen molar-refractivity contribution in [2.24, 2.45) is 0 Å². The van der Waals surface area contributed by atoms with Gasteiger partial charge in [0.1, 0.15) is 0 Å². The van der Waals surface area contributed by atoms with Crippen LogP contribution in [-0.4, -0.2) is 28.5 Å². The Bertz CT molecular complexity index is 755. The number of fused-ring (bicyclic) bond motifs is 1. The standard InChI is InChI=1S/C20H23NO3/c1-12-7-5-10-15(16(22)11-12)21-18(23)13-8-6-9-14(20(2,3)4)17(13)19(21)24/h6,8-9,15H,1,5,7,10-11H2,2-4H3. The van der Waals surface area contributed by atoms with Crippen molar-refractivity contribution in [3.8, 4) is 0 Å². The van der Waals surface area contributed by atoms with Gasteiger partial charge in [-0.1, -0.05) is 45.1 Å². The van der Waals surface area contributed by atoms with Crippen molar-refractivity contribution in [3.05, 3.63) is 47.0 Å². The van der Waals surface area contributed by atoms with E-state index in [2.05, 4.69) is 6.58 Å². The summed E-state index contributed by atoms with van der Waals surface area (Å²) in [7, 11) is 0. The van der Waals surface area contributed by atoms with Gasteiger partial charge in [-0.15, -0.1) is 0 Å². The highest BCUT2D eigenvalue weighted by atomic mass is 16.2. The molecular weight excluding hydrogens is 302 g/mol. The molecule has 0 aromatic heterocycles. The third-order valence-corrected chi connectivity index (χ3v) is 4.87. The van der Waals surface area contributed by atoms with Gasteiger partial charge in [-0.3, -0.25) is 19.3 Å². The van der Waals surface area contributed by atoms with E-state index in [1.165, 1.54) is 4.90 Å². The normalized spacial score (nSPS) is 22.0. The molecule has 0 radical (unpaired) electrons. The van der Waals surface area contributed by atoms with Crippen LogP contribution in [0.25, 0.3) is 0 Å². The molecule has 1 aliphatic carbocycles. The molecule has 1 fully saturated rings. The van der Waals surface area contributed by atoms with Gasteiger partial charge >= 0.3 is 0 Å². The SMILES string of the molecule is C=C1CCCC(N2C(=O)c3cccc(C(C)(C)C)c3C2=O)C(=O)C1. The lowest BCUT2D eigenvalue weighted by Crippen LogP contribution is -2.44. The molecule has 0 bridgehead atoms. The molecule has 1 unspecified atom stereocenters. The van der Waals surface area contributed by atoms with Crippen molar-refractivity contribution in [1.29, 1.82) is 0 Å². The van der Waals surface area contributed by atoms with Gasteiger partial charge < -0.3 is 0 Å². The molecule has 1 aromatic carbocycles. The van der Waals surface area contributed by atoms with Gasteiger partial charge in [0.2, 0.25) is 0 Å². The Hall–Kier alpha value is -2.23. The number of nitrogens with zero attached hydrogens (tertiary/aromatic N) is 1. The van der Waals surface area contributed by atoms with E-state index < -0.39 is 6.04 Å². The van der Waals surface area contributed by atoms with Crippen LogP contribution in [0.5, 0.6) is 0 Å². The minimum Gasteiger partial charge on any atom is -0.297 e.